The minimum absolute atomic E-state index is 0.196. The quantitative estimate of drug-likeness (QED) is 0.0388. The van der Waals surface area contributed by atoms with Crippen LogP contribution in [-0.4, -0.2) is 37.0 Å². The summed E-state index contributed by atoms with van der Waals surface area (Å²) in [6.07, 6.45) is 61.2. The third-order valence-corrected chi connectivity index (χ3v) is 9.30. The molecule has 0 rings (SSSR count). The van der Waals surface area contributed by atoms with Crippen molar-refractivity contribution in [1.82, 2.24) is 0 Å². The van der Waals surface area contributed by atoms with Gasteiger partial charge in [-0.2, -0.15) is 0 Å². The number of rotatable bonds is 40. The van der Waals surface area contributed by atoms with Crippen molar-refractivity contribution in [1.29, 1.82) is 0 Å². The van der Waals surface area contributed by atoms with E-state index in [0.29, 0.717) is 13.0 Å². The smallest absolute Gasteiger partial charge is 0.306 e. The van der Waals surface area contributed by atoms with Crippen molar-refractivity contribution in [2.75, 3.05) is 19.8 Å². The van der Waals surface area contributed by atoms with Gasteiger partial charge in [-0.3, -0.25) is 4.79 Å². The van der Waals surface area contributed by atoms with Gasteiger partial charge in [-0.05, 0) is 57.8 Å². The van der Waals surface area contributed by atoms with Gasteiger partial charge in [-0.15, -0.1) is 0 Å². The molecule has 0 saturated heterocycles. The Morgan fingerprint density at radius 3 is 1.23 bits per heavy atom. The molecule has 4 nitrogen and oxygen atoms in total. The molecular formula is C48H84O4. The van der Waals surface area contributed by atoms with E-state index >= 15 is 0 Å². The molecular weight excluding hydrogens is 641 g/mol. The van der Waals surface area contributed by atoms with Crippen LogP contribution in [0.5, 0.6) is 0 Å². The van der Waals surface area contributed by atoms with E-state index in [-0.39, 0.29) is 19.2 Å². The number of ether oxygens (including phenoxy) is 2. The Hall–Kier alpha value is -2.17. The second kappa shape index (κ2) is 45.0. The van der Waals surface area contributed by atoms with E-state index < -0.39 is 6.10 Å². The zero-order chi connectivity index (χ0) is 37.7. The van der Waals surface area contributed by atoms with Gasteiger partial charge in [0.2, 0.25) is 0 Å². The molecule has 0 radical (unpaired) electrons. The first-order valence-electron chi connectivity index (χ1n) is 22.0. The summed E-state index contributed by atoms with van der Waals surface area (Å²) in [4.78, 5) is 12.2. The normalized spacial score (nSPS) is 13.1. The summed E-state index contributed by atoms with van der Waals surface area (Å²) in [5.74, 6) is -0.219. The summed E-state index contributed by atoms with van der Waals surface area (Å²) in [7, 11) is 0. The molecule has 0 saturated carbocycles. The Morgan fingerprint density at radius 1 is 0.481 bits per heavy atom. The number of carbonyl (C=O) groups is 1. The summed E-state index contributed by atoms with van der Waals surface area (Å²) in [5, 5.41) is 9.60. The van der Waals surface area contributed by atoms with E-state index in [1.165, 1.54) is 116 Å². The van der Waals surface area contributed by atoms with E-state index in [0.717, 1.165) is 64.2 Å². The highest BCUT2D eigenvalue weighted by Crippen LogP contribution is 2.15. The fourth-order valence-electron chi connectivity index (χ4n) is 6.05. The van der Waals surface area contributed by atoms with E-state index in [1.54, 1.807) is 0 Å². The minimum atomic E-state index is -0.566. The van der Waals surface area contributed by atoms with Gasteiger partial charge >= 0.3 is 5.97 Å². The van der Waals surface area contributed by atoms with Gasteiger partial charge in [0, 0.05) is 13.0 Å². The molecule has 300 valence electrons. The predicted molar refractivity (Wildman–Crippen MR) is 228 cm³/mol. The molecule has 0 aliphatic carbocycles. The maximum absolute atomic E-state index is 12.2. The van der Waals surface area contributed by atoms with Gasteiger partial charge in [0.1, 0.15) is 6.10 Å². The predicted octanol–water partition coefficient (Wildman–Crippen LogP) is 14.6. The Morgan fingerprint density at radius 2 is 0.846 bits per heavy atom. The molecule has 1 unspecified atom stereocenters. The molecule has 0 spiro atoms. The van der Waals surface area contributed by atoms with Crippen LogP contribution in [0.2, 0.25) is 0 Å². The number of allylic oxidation sites excluding steroid dienone is 12. The van der Waals surface area contributed by atoms with E-state index in [2.05, 4.69) is 86.8 Å². The van der Waals surface area contributed by atoms with E-state index in [1.807, 2.05) is 0 Å². The lowest BCUT2D eigenvalue weighted by Crippen LogP contribution is -2.27. The number of aliphatic hydroxyl groups is 1. The van der Waals surface area contributed by atoms with Crippen LogP contribution in [0.25, 0.3) is 0 Å². The van der Waals surface area contributed by atoms with Gasteiger partial charge in [-0.25, -0.2) is 0 Å². The Kier molecular flexibility index (Phi) is 43.1. The van der Waals surface area contributed by atoms with Gasteiger partial charge in [0.05, 0.1) is 13.2 Å². The third kappa shape index (κ3) is 42.2. The van der Waals surface area contributed by atoms with Crippen LogP contribution in [0.4, 0.5) is 0 Å². The number of unbranched alkanes of at least 4 members (excludes halogenated alkanes) is 20. The van der Waals surface area contributed by atoms with Crippen molar-refractivity contribution < 1.29 is 19.4 Å². The number of esters is 1. The molecule has 52 heavy (non-hydrogen) atoms. The molecule has 1 N–H and O–H groups in total. The molecule has 0 aromatic rings. The lowest BCUT2D eigenvalue weighted by Gasteiger charge is -2.15. The monoisotopic (exact) mass is 725 g/mol. The van der Waals surface area contributed by atoms with Crippen molar-refractivity contribution in [3.05, 3.63) is 72.9 Å². The van der Waals surface area contributed by atoms with Gasteiger partial charge in [-0.1, -0.05) is 209 Å². The molecule has 1 atom stereocenters. The van der Waals surface area contributed by atoms with Crippen LogP contribution < -0.4 is 0 Å². The first-order chi connectivity index (χ1) is 25.7. The molecule has 0 heterocycles. The van der Waals surface area contributed by atoms with Crippen molar-refractivity contribution in [2.24, 2.45) is 0 Å². The number of hydrogen-bond donors (Lipinski definition) is 1. The fourth-order valence-corrected chi connectivity index (χ4v) is 6.05. The number of hydrogen-bond acceptors (Lipinski definition) is 4. The maximum atomic E-state index is 12.2. The maximum Gasteiger partial charge on any atom is 0.306 e. The van der Waals surface area contributed by atoms with Crippen LogP contribution in [0.15, 0.2) is 72.9 Å². The second-order valence-electron chi connectivity index (χ2n) is 14.4. The Labute approximate surface area is 323 Å². The van der Waals surface area contributed by atoms with Crippen LogP contribution in [0.1, 0.15) is 200 Å². The summed E-state index contributed by atoms with van der Waals surface area (Å²) in [6, 6.07) is 0. The molecule has 0 amide bonds. The zero-order valence-electron chi connectivity index (χ0n) is 34.3. The van der Waals surface area contributed by atoms with Gasteiger partial charge < -0.3 is 14.6 Å². The van der Waals surface area contributed by atoms with Crippen LogP contribution in [-0.2, 0) is 14.3 Å². The summed E-state index contributed by atoms with van der Waals surface area (Å²) in [6.45, 7) is 5.10. The van der Waals surface area contributed by atoms with Gasteiger partial charge in [0.25, 0.3) is 0 Å². The highest BCUT2D eigenvalue weighted by Gasteiger charge is 2.13. The highest BCUT2D eigenvalue weighted by atomic mass is 16.6. The molecule has 0 bridgehead atoms. The average molecular weight is 725 g/mol. The average Bonchev–Trinajstić information content (AvgIpc) is 3.15. The Bertz CT molecular complexity index is 896. The van der Waals surface area contributed by atoms with Crippen LogP contribution in [0.3, 0.4) is 0 Å². The van der Waals surface area contributed by atoms with Crippen molar-refractivity contribution in [3.63, 3.8) is 0 Å². The largest absolute Gasteiger partial charge is 0.457 e. The molecule has 0 aromatic carbocycles. The van der Waals surface area contributed by atoms with Crippen molar-refractivity contribution in [3.8, 4) is 0 Å². The molecule has 0 fully saturated rings. The second-order valence-corrected chi connectivity index (χ2v) is 14.4. The molecule has 0 aliphatic rings. The fraction of sp³-hybridized carbons (Fsp3) is 0.729. The third-order valence-electron chi connectivity index (χ3n) is 9.30. The van der Waals surface area contributed by atoms with Crippen LogP contribution in [0, 0.1) is 0 Å². The first kappa shape index (κ1) is 49.8. The van der Waals surface area contributed by atoms with E-state index in [9.17, 15) is 9.90 Å². The van der Waals surface area contributed by atoms with Crippen LogP contribution >= 0.6 is 0 Å². The zero-order valence-corrected chi connectivity index (χ0v) is 34.3. The van der Waals surface area contributed by atoms with E-state index in [4.69, 9.17) is 9.47 Å². The van der Waals surface area contributed by atoms with Crippen molar-refractivity contribution >= 4 is 5.97 Å². The number of carbonyl (C=O) groups excluding carboxylic acids is 1. The van der Waals surface area contributed by atoms with Gasteiger partial charge in [0.15, 0.2) is 0 Å². The lowest BCUT2D eigenvalue weighted by molar-refractivity contribution is -0.154. The highest BCUT2D eigenvalue weighted by molar-refractivity contribution is 5.69. The Balaban J connectivity index is 3.52. The first-order valence-corrected chi connectivity index (χ1v) is 22.0. The molecule has 4 heteroatoms. The standard InChI is InChI=1S/C48H84O4/c1-3-5-7-9-11-13-15-17-19-21-23-25-27-29-31-33-35-37-39-41-43-48(50)52-47(45-49)46-51-44-42-40-38-36-34-32-30-28-26-24-22-20-18-16-14-12-10-8-6-4-2/h6,8,12,14,18,20,24,26,30,32,36,38,47,49H,3-5,7,9-11,13,15-17,19,21-23,25,27-29,31,33-35,37,39-46H2,1-2H3/b8-6-,14-12-,20-18-,26-24-,32-30-,38-36-. The summed E-state index contributed by atoms with van der Waals surface area (Å²) >= 11 is 0. The molecule has 0 aromatic heterocycles. The summed E-state index contributed by atoms with van der Waals surface area (Å²) < 4.78 is 11.1. The lowest BCUT2D eigenvalue weighted by atomic mass is 10.0. The van der Waals surface area contributed by atoms with Crippen molar-refractivity contribution in [2.45, 2.75) is 206 Å². The number of aliphatic hydroxyl groups excluding tert-OH is 1. The SMILES string of the molecule is CC/C=C\C/C=C\C/C=C\C/C=C\C/C=C\C/C=C\CCCOCC(CO)OC(=O)CCCCCCCCCCCCCCCCCCCCCC. The topological polar surface area (TPSA) is 55.8 Å². The molecule has 0 aliphatic heterocycles. The summed E-state index contributed by atoms with van der Waals surface area (Å²) in [5.41, 5.74) is 0. The minimum Gasteiger partial charge on any atom is -0.457 e.